The Balaban J connectivity index is 1.62. The highest BCUT2D eigenvalue weighted by Gasteiger charge is 2.36. The lowest BCUT2D eigenvalue weighted by Gasteiger charge is -2.03. The quantitative estimate of drug-likeness (QED) is 0.225. The van der Waals surface area contributed by atoms with Gasteiger partial charge >= 0.3 is 5.97 Å². The Bertz CT molecular complexity index is 262. The normalized spacial score (nSPS) is 16.8. The van der Waals surface area contributed by atoms with Crippen LogP contribution in [-0.2, 0) is 9.53 Å². The lowest BCUT2D eigenvalue weighted by molar-refractivity contribution is -0.117. The average molecular weight is 311 g/mol. The predicted octanol–water partition coefficient (Wildman–Crippen LogP) is 6.56. The van der Waals surface area contributed by atoms with Crippen LogP contribution in [0.3, 0.4) is 0 Å². The number of hydrogen-bond acceptors (Lipinski definition) is 2. The first-order chi connectivity index (χ1) is 10.8. The van der Waals surface area contributed by atoms with Crippen molar-refractivity contribution in [1.29, 1.82) is 0 Å². The van der Waals surface area contributed by atoms with E-state index in [1.807, 2.05) is 0 Å². The summed E-state index contributed by atoms with van der Waals surface area (Å²) in [5.41, 5.74) is 0. The fourth-order valence-electron chi connectivity index (χ4n) is 3.16. The minimum Gasteiger partial charge on any atom is -0.448 e. The van der Waals surface area contributed by atoms with Crippen molar-refractivity contribution in [2.45, 2.75) is 122 Å². The molecule has 22 heavy (non-hydrogen) atoms. The molecule has 1 rings (SSSR count). The summed E-state index contributed by atoms with van der Waals surface area (Å²) >= 11 is 0. The zero-order valence-corrected chi connectivity index (χ0v) is 14.9. The van der Waals surface area contributed by atoms with E-state index in [1.165, 1.54) is 96.3 Å². The molecule has 0 N–H and O–H groups in total. The minimum atomic E-state index is -0.0216. The lowest BCUT2D eigenvalue weighted by Crippen LogP contribution is -1.88. The second-order valence-electron chi connectivity index (χ2n) is 7.02. The summed E-state index contributed by atoms with van der Waals surface area (Å²) in [7, 11) is 0. The molecule has 0 aromatic carbocycles. The highest BCUT2D eigenvalue weighted by atomic mass is 16.6. The number of carbonyl (C=O) groups is 1. The highest BCUT2D eigenvalue weighted by Crippen LogP contribution is 2.20. The first-order valence-electron chi connectivity index (χ1n) is 10.0. The standard InChI is InChI=1S/C20H38O2/c1-2-3-4-5-6-7-8-9-10-11-12-13-14-15-16-17-18-19-20(21)22-19/h19H,2-18H2,1H3. The molecule has 0 bridgehead atoms. The topological polar surface area (TPSA) is 29.6 Å². The maximum Gasteiger partial charge on any atom is 0.348 e. The molecule has 0 saturated carbocycles. The van der Waals surface area contributed by atoms with E-state index in [0.29, 0.717) is 0 Å². The molecule has 0 aromatic rings. The highest BCUT2D eigenvalue weighted by molar-refractivity contribution is 5.87. The molecule has 1 fully saturated rings. The first-order valence-corrected chi connectivity index (χ1v) is 10.0. The maximum absolute atomic E-state index is 10.7. The maximum atomic E-state index is 10.7. The number of epoxide rings is 1. The van der Waals surface area contributed by atoms with Gasteiger partial charge in [0.1, 0.15) is 0 Å². The molecule has 0 amide bonds. The van der Waals surface area contributed by atoms with E-state index in [0.717, 1.165) is 12.8 Å². The van der Waals surface area contributed by atoms with Gasteiger partial charge in [0, 0.05) is 0 Å². The molecule has 2 nitrogen and oxygen atoms in total. The summed E-state index contributed by atoms with van der Waals surface area (Å²) in [5.74, 6) is 0.0148. The van der Waals surface area contributed by atoms with E-state index in [2.05, 4.69) is 6.92 Å². The van der Waals surface area contributed by atoms with Crippen molar-refractivity contribution in [1.82, 2.24) is 0 Å². The second-order valence-corrected chi connectivity index (χ2v) is 7.02. The minimum absolute atomic E-state index is 0.0148. The van der Waals surface area contributed by atoms with E-state index in [-0.39, 0.29) is 12.1 Å². The number of carbonyl (C=O) groups excluding carboxylic acids is 1. The fourth-order valence-corrected chi connectivity index (χ4v) is 3.16. The molecule has 2 heteroatoms. The third kappa shape index (κ3) is 12.1. The number of rotatable bonds is 17. The summed E-state index contributed by atoms with van der Waals surface area (Å²) in [6.07, 6.45) is 23.2. The summed E-state index contributed by atoms with van der Waals surface area (Å²) in [4.78, 5) is 10.7. The van der Waals surface area contributed by atoms with Crippen molar-refractivity contribution in [2.75, 3.05) is 0 Å². The van der Waals surface area contributed by atoms with Crippen LogP contribution >= 0.6 is 0 Å². The van der Waals surface area contributed by atoms with Gasteiger partial charge < -0.3 is 4.74 Å². The van der Waals surface area contributed by atoms with Crippen LogP contribution in [0.15, 0.2) is 0 Å². The monoisotopic (exact) mass is 310 g/mol. The molecule has 1 heterocycles. The van der Waals surface area contributed by atoms with Crippen LogP contribution in [0, 0.1) is 0 Å². The molecule has 1 aliphatic heterocycles. The van der Waals surface area contributed by atoms with Gasteiger partial charge in [-0.3, -0.25) is 0 Å². The van der Waals surface area contributed by atoms with E-state index < -0.39 is 0 Å². The molecule has 1 aliphatic rings. The summed E-state index contributed by atoms with van der Waals surface area (Å²) in [5, 5.41) is 0. The number of unbranched alkanes of at least 4 members (excludes halogenated alkanes) is 15. The second kappa shape index (κ2) is 14.1. The van der Waals surface area contributed by atoms with Gasteiger partial charge in [-0.05, 0) is 12.8 Å². The molecule has 1 saturated heterocycles. The summed E-state index contributed by atoms with van der Waals surface area (Å²) in [6.45, 7) is 2.28. The Labute approximate surface area is 138 Å². The Morgan fingerprint density at radius 2 is 0.955 bits per heavy atom. The fraction of sp³-hybridized carbons (Fsp3) is 0.950. The van der Waals surface area contributed by atoms with E-state index >= 15 is 0 Å². The molecule has 130 valence electrons. The Morgan fingerprint density at radius 3 is 1.27 bits per heavy atom. The van der Waals surface area contributed by atoms with Crippen molar-refractivity contribution >= 4 is 5.97 Å². The van der Waals surface area contributed by atoms with Gasteiger partial charge in [0.15, 0.2) is 6.10 Å². The zero-order chi connectivity index (χ0) is 15.9. The molecular weight excluding hydrogens is 272 g/mol. The molecule has 0 radical (unpaired) electrons. The van der Waals surface area contributed by atoms with Crippen LogP contribution in [-0.4, -0.2) is 12.1 Å². The van der Waals surface area contributed by atoms with Crippen LogP contribution in [0.2, 0.25) is 0 Å². The van der Waals surface area contributed by atoms with Crippen LogP contribution in [0.5, 0.6) is 0 Å². The number of ether oxygens (including phenoxy) is 1. The van der Waals surface area contributed by atoms with Crippen LogP contribution in [0.1, 0.15) is 116 Å². The van der Waals surface area contributed by atoms with Gasteiger partial charge in [0.05, 0.1) is 0 Å². The molecule has 0 spiro atoms. The van der Waals surface area contributed by atoms with Crippen molar-refractivity contribution in [2.24, 2.45) is 0 Å². The van der Waals surface area contributed by atoms with Crippen molar-refractivity contribution < 1.29 is 9.53 Å². The molecule has 1 unspecified atom stereocenters. The Hall–Kier alpha value is -0.530. The van der Waals surface area contributed by atoms with Gasteiger partial charge in [-0.25, -0.2) is 4.79 Å². The largest absolute Gasteiger partial charge is 0.448 e. The van der Waals surface area contributed by atoms with Gasteiger partial charge in [0.25, 0.3) is 0 Å². The van der Waals surface area contributed by atoms with Crippen molar-refractivity contribution in [3.8, 4) is 0 Å². The number of hydrogen-bond donors (Lipinski definition) is 0. The first kappa shape index (κ1) is 19.5. The van der Waals surface area contributed by atoms with Crippen molar-refractivity contribution in [3.05, 3.63) is 0 Å². The smallest absolute Gasteiger partial charge is 0.348 e. The zero-order valence-electron chi connectivity index (χ0n) is 14.9. The Morgan fingerprint density at radius 1 is 0.636 bits per heavy atom. The average Bonchev–Trinajstić information content (AvgIpc) is 3.22. The molecular formula is C20H38O2. The molecule has 0 aromatic heterocycles. The summed E-state index contributed by atoms with van der Waals surface area (Å²) in [6, 6.07) is 0. The van der Waals surface area contributed by atoms with Gasteiger partial charge in [-0.15, -0.1) is 0 Å². The van der Waals surface area contributed by atoms with Gasteiger partial charge in [-0.1, -0.05) is 103 Å². The summed E-state index contributed by atoms with van der Waals surface area (Å²) < 4.78 is 4.80. The van der Waals surface area contributed by atoms with Crippen molar-refractivity contribution in [3.63, 3.8) is 0 Å². The Kier molecular flexibility index (Phi) is 12.5. The third-order valence-corrected chi connectivity index (χ3v) is 4.78. The predicted molar refractivity (Wildman–Crippen MR) is 94.0 cm³/mol. The number of cyclic esters (lactones) is 1. The SMILES string of the molecule is CCCCCCCCCCCCCCCCCCC1OC1=O. The van der Waals surface area contributed by atoms with Crippen LogP contribution in [0.4, 0.5) is 0 Å². The third-order valence-electron chi connectivity index (χ3n) is 4.78. The van der Waals surface area contributed by atoms with Gasteiger partial charge in [0.2, 0.25) is 0 Å². The van der Waals surface area contributed by atoms with Gasteiger partial charge in [-0.2, -0.15) is 0 Å². The van der Waals surface area contributed by atoms with Crippen LogP contribution < -0.4 is 0 Å². The molecule has 1 atom stereocenters. The molecule has 0 aliphatic carbocycles. The van der Waals surface area contributed by atoms with Crippen LogP contribution in [0.25, 0.3) is 0 Å². The van der Waals surface area contributed by atoms with E-state index in [9.17, 15) is 4.79 Å². The van der Waals surface area contributed by atoms with E-state index in [4.69, 9.17) is 4.74 Å². The van der Waals surface area contributed by atoms with E-state index in [1.54, 1.807) is 0 Å². The lowest BCUT2D eigenvalue weighted by atomic mass is 10.0.